The van der Waals surface area contributed by atoms with E-state index in [2.05, 4.69) is 26.6 Å². The average molecular weight is 261 g/mol. The molecule has 2 rings (SSSR count). The molecule has 1 fully saturated rings. The first-order valence-corrected chi connectivity index (χ1v) is 6.06. The van der Waals surface area contributed by atoms with E-state index in [0.717, 1.165) is 0 Å². The van der Waals surface area contributed by atoms with E-state index in [-0.39, 0.29) is 11.9 Å². The van der Waals surface area contributed by atoms with Crippen molar-refractivity contribution in [2.24, 2.45) is 5.41 Å². The third kappa shape index (κ3) is 2.69. The number of ether oxygens (including phenoxy) is 1. The van der Waals surface area contributed by atoms with E-state index in [1.165, 1.54) is 0 Å². The minimum absolute atomic E-state index is 0.134. The number of aromatic nitrogens is 3. The molecule has 0 aromatic carbocycles. The van der Waals surface area contributed by atoms with Gasteiger partial charge in [-0.05, 0) is 26.7 Å². The van der Waals surface area contributed by atoms with Crippen LogP contribution in [0.5, 0.6) is 0 Å². The molecule has 1 N–H and O–H groups in total. The number of amides is 1. The van der Waals surface area contributed by atoms with Crippen molar-refractivity contribution in [3.05, 3.63) is 11.4 Å². The standard InChI is InChI=1S/C12H15N5O2/c1-8-9(2)16-17-11(14-8)15-10(18)12(7-13)3-5-19-6-4-12/h3-6H2,1-2H3,(H,14,15,17,18). The Labute approximate surface area is 111 Å². The third-order valence-electron chi connectivity index (χ3n) is 3.31. The molecule has 19 heavy (non-hydrogen) atoms. The number of anilines is 1. The topological polar surface area (TPSA) is 101 Å². The third-order valence-corrected chi connectivity index (χ3v) is 3.31. The van der Waals surface area contributed by atoms with Gasteiger partial charge in [0, 0.05) is 13.2 Å². The Balaban J connectivity index is 2.15. The molecule has 1 aromatic rings. The van der Waals surface area contributed by atoms with Gasteiger partial charge in [-0.25, -0.2) is 4.98 Å². The van der Waals surface area contributed by atoms with E-state index in [4.69, 9.17) is 4.74 Å². The summed E-state index contributed by atoms with van der Waals surface area (Å²) in [5.41, 5.74) is 0.350. The van der Waals surface area contributed by atoms with Crippen molar-refractivity contribution < 1.29 is 9.53 Å². The van der Waals surface area contributed by atoms with Gasteiger partial charge in [0.2, 0.25) is 11.9 Å². The quantitative estimate of drug-likeness (QED) is 0.842. The molecule has 1 aliphatic heterocycles. The lowest BCUT2D eigenvalue weighted by molar-refractivity contribution is -0.127. The summed E-state index contributed by atoms with van der Waals surface area (Å²) in [6.45, 7) is 4.39. The molecule has 1 saturated heterocycles. The number of nitrogens with one attached hydrogen (secondary N) is 1. The van der Waals surface area contributed by atoms with Gasteiger partial charge in [0.15, 0.2) is 0 Å². The fourth-order valence-electron chi connectivity index (χ4n) is 1.84. The second kappa shape index (κ2) is 5.28. The van der Waals surface area contributed by atoms with Crippen LogP contribution in [0.15, 0.2) is 0 Å². The van der Waals surface area contributed by atoms with Crippen molar-refractivity contribution in [2.75, 3.05) is 18.5 Å². The molecule has 0 saturated carbocycles. The van der Waals surface area contributed by atoms with Crippen molar-refractivity contribution >= 4 is 11.9 Å². The summed E-state index contributed by atoms with van der Waals surface area (Å²) < 4.78 is 5.19. The van der Waals surface area contributed by atoms with Crippen LogP contribution in [-0.4, -0.2) is 34.3 Å². The van der Waals surface area contributed by atoms with Gasteiger partial charge < -0.3 is 4.74 Å². The number of nitriles is 1. The lowest BCUT2D eigenvalue weighted by Crippen LogP contribution is -2.40. The smallest absolute Gasteiger partial charge is 0.249 e. The monoisotopic (exact) mass is 261 g/mol. The van der Waals surface area contributed by atoms with E-state index >= 15 is 0 Å². The van der Waals surface area contributed by atoms with Crippen LogP contribution in [0.3, 0.4) is 0 Å². The molecule has 100 valence electrons. The van der Waals surface area contributed by atoms with Gasteiger partial charge in [-0.3, -0.25) is 10.1 Å². The molecule has 7 nitrogen and oxygen atoms in total. The van der Waals surface area contributed by atoms with Gasteiger partial charge in [-0.2, -0.15) is 10.4 Å². The number of hydrogen-bond donors (Lipinski definition) is 1. The Morgan fingerprint density at radius 3 is 2.58 bits per heavy atom. The maximum Gasteiger partial charge on any atom is 0.249 e. The Morgan fingerprint density at radius 1 is 1.32 bits per heavy atom. The van der Waals surface area contributed by atoms with Gasteiger partial charge in [0.1, 0.15) is 5.41 Å². The fraction of sp³-hybridized carbons (Fsp3) is 0.583. The van der Waals surface area contributed by atoms with Crippen molar-refractivity contribution in [2.45, 2.75) is 26.7 Å². The Kier molecular flexibility index (Phi) is 3.71. The normalized spacial score (nSPS) is 17.5. The zero-order chi connectivity index (χ0) is 13.9. The number of nitrogens with zero attached hydrogens (tertiary/aromatic N) is 4. The highest BCUT2D eigenvalue weighted by Gasteiger charge is 2.40. The van der Waals surface area contributed by atoms with E-state index in [1.54, 1.807) is 13.8 Å². The highest BCUT2D eigenvalue weighted by molar-refractivity contribution is 5.96. The molecule has 0 aliphatic carbocycles. The first-order chi connectivity index (χ1) is 9.07. The molecule has 0 radical (unpaired) electrons. The lowest BCUT2D eigenvalue weighted by atomic mass is 9.81. The molecule has 0 unspecified atom stereocenters. The SMILES string of the molecule is Cc1nnc(NC(=O)C2(C#N)CCOCC2)nc1C. The zero-order valence-corrected chi connectivity index (χ0v) is 10.9. The lowest BCUT2D eigenvalue weighted by Gasteiger charge is -2.28. The summed E-state index contributed by atoms with van der Waals surface area (Å²) in [5, 5.41) is 19.5. The maximum atomic E-state index is 12.2. The minimum Gasteiger partial charge on any atom is -0.381 e. The van der Waals surface area contributed by atoms with Crippen LogP contribution < -0.4 is 5.32 Å². The molecule has 0 bridgehead atoms. The van der Waals surface area contributed by atoms with Crippen molar-refractivity contribution in [3.8, 4) is 6.07 Å². The molecule has 1 amide bonds. The Hall–Kier alpha value is -2.07. The summed E-state index contributed by atoms with van der Waals surface area (Å²) in [4.78, 5) is 16.3. The summed E-state index contributed by atoms with van der Waals surface area (Å²) in [5.74, 6) is -0.252. The van der Waals surface area contributed by atoms with Gasteiger partial charge in [-0.15, -0.1) is 5.10 Å². The van der Waals surface area contributed by atoms with Crippen molar-refractivity contribution in [1.29, 1.82) is 5.26 Å². The minimum atomic E-state index is -1.06. The van der Waals surface area contributed by atoms with E-state index < -0.39 is 5.41 Å². The van der Waals surface area contributed by atoms with Crippen LogP contribution in [0.2, 0.25) is 0 Å². The van der Waals surface area contributed by atoms with Crippen LogP contribution >= 0.6 is 0 Å². The molecule has 7 heteroatoms. The number of aryl methyl sites for hydroxylation is 2. The summed E-state index contributed by atoms with van der Waals surface area (Å²) in [6, 6.07) is 2.10. The van der Waals surface area contributed by atoms with E-state index in [9.17, 15) is 10.1 Å². The van der Waals surface area contributed by atoms with E-state index in [1.807, 2.05) is 0 Å². The van der Waals surface area contributed by atoms with Gasteiger partial charge in [0.05, 0.1) is 17.5 Å². The first-order valence-electron chi connectivity index (χ1n) is 6.06. The summed E-state index contributed by atoms with van der Waals surface area (Å²) >= 11 is 0. The number of carbonyl (C=O) groups excluding carboxylic acids is 1. The molecule has 2 heterocycles. The van der Waals surface area contributed by atoms with Crippen molar-refractivity contribution in [3.63, 3.8) is 0 Å². The predicted molar refractivity (Wildman–Crippen MR) is 66.0 cm³/mol. The first kappa shape index (κ1) is 13.4. The second-order valence-electron chi connectivity index (χ2n) is 4.57. The van der Waals surface area contributed by atoms with Gasteiger partial charge in [0.25, 0.3) is 0 Å². The summed E-state index contributed by atoms with van der Waals surface area (Å²) in [7, 11) is 0. The van der Waals surface area contributed by atoms with Gasteiger partial charge >= 0.3 is 0 Å². The molecule has 0 spiro atoms. The van der Waals surface area contributed by atoms with Crippen LogP contribution in [0.1, 0.15) is 24.2 Å². The largest absolute Gasteiger partial charge is 0.381 e. The second-order valence-corrected chi connectivity index (χ2v) is 4.57. The number of carbonyl (C=O) groups is 1. The molecular formula is C12H15N5O2. The highest BCUT2D eigenvalue weighted by atomic mass is 16.5. The number of rotatable bonds is 2. The van der Waals surface area contributed by atoms with Crippen LogP contribution in [0.4, 0.5) is 5.95 Å². The van der Waals surface area contributed by atoms with Crippen LogP contribution in [0, 0.1) is 30.6 Å². The number of hydrogen-bond acceptors (Lipinski definition) is 6. The predicted octanol–water partition coefficient (Wildman–Crippen LogP) is 0.747. The van der Waals surface area contributed by atoms with Crippen LogP contribution in [0.25, 0.3) is 0 Å². The van der Waals surface area contributed by atoms with Gasteiger partial charge in [-0.1, -0.05) is 0 Å². The Bertz CT molecular complexity index is 531. The van der Waals surface area contributed by atoms with Crippen LogP contribution in [-0.2, 0) is 9.53 Å². The Morgan fingerprint density at radius 2 is 2.00 bits per heavy atom. The molecule has 1 aliphatic rings. The van der Waals surface area contributed by atoms with E-state index in [0.29, 0.717) is 37.4 Å². The molecule has 0 atom stereocenters. The van der Waals surface area contributed by atoms with Crippen molar-refractivity contribution in [1.82, 2.24) is 15.2 Å². The highest BCUT2D eigenvalue weighted by Crippen LogP contribution is 2.30. The molecule has 1 aromatic heterocycles. The molecular weight excluding hydrogens is 246 g/mol. The average Bonchev–Trinajstić information content (AvgIpc) is 2.43. The maximum absolute atomic E-state index is 12.2. The zero-order valence-electron chi connectivity index (χ0n) is 10.9. The fourth-order valence-corrected chi connectivity index (χ4v) is 1.84. The summed E-state index contributed by atoms with van der Waals surface area (Å²) in [6.07, 6.45) is 0.765.